The molecule has 0 amide bonds. The Kier molecular flexibility index (Phi) is 4.09. The van der Waals surface area contributed by atoms with E-state index in [1.54, 1.807) is 23.7 Å². The second kappa shape index (κ2) is 6.54. The molecule has 0 saturated heterocycles. The van der Waals surface area contributed by atoms with Crippen molar-refractivity contribution in [1.82, 2.24) is 29.9 Å². The van der Waals surface area contributed by atoms with Crippen molar-refractivity contribution in [2.45, 2.75) is 10.9 Å². The Morgan fingerprint density at radius 1 is 1.21 bits per heavy atom. The van der Waals surface area contributed by atoms with Crippen LogP contribution in [0.4, 0.5) is 0 Å². The number of hydrogen-bond donors (Lipinski definition) is 0. The van der Waals surface area contributed by atoms with E-state index in [2.05, 4.69) is 25.3 Å². The summed E-state index contributed by atoms with van der Waals surface area (Å²) in [5, 5.41) is 15.3. The van der Waals surface area contributed by atoms with Gasteiger partial charge in [0, 0.05) is 25.0 Å². The largest absolute Gasteiger partial charge is 0.338 e. The molecule has 0 spiro atoms. The van der Waals surface area contributed by atoms with Crippen molar-refractivity contribution >= 4 is 23.1 Å². The monoisotopic (exact) mass is 356 g/mol. The van der Waals surface area contributed by atoms with Crippen LogP contribution in [-0.4, -0.2) is 29.9 Å². The molecule has 0 aromatic carbocycles. The van der Waals surface area contributed by atoms with Gasteiger partial charge in [-0.3, -0.25) is 4.98 Å². The van der Waals surface area contributed by atoms with E-state index in [4.69, 9.17) is 4.52 Å². The van der Waals surface area contributed by atoms with Gasteiger partial charge in [-0.1, -0.05) is 23.0 Å². The molecular formula is C15H12N6OS2. The summed E-state index contributed by atoms with van der Waals surface area (Å²) < 4.78 is 7.27. The van der Waals surface area contributed by atoms with E-state index in [0.29, 0.717) is 17.5 Å². The Hall–Kier alpha value is -2.52. The first-order valence-corrected chi connectivity index (χ1v) is 8.97. The molecule has 0 atom stereocenters. The summed E-state index contributed by atoms with van der Waals surface area (Å²) in [6.07, 6.45) is 3.40. The molecule has 4 aromatic heterocycles. The topological polar surface area (TPSA) is 82.5 Å². The number of rotatable bonds is 5. The number of hydrogen-bond acceptors (Lipinski definition) is 8. The maximum absolute atomic E-state index is 5.30. The Balaban J connectivity index is 1.47. The third-order valence-electron chi connectivity index (χ3n) is 3.31. The fourth-order valence-corrected chi connectivity index (χ4v) is 3.61. The quantitative estimate of drug-likeness (QED) is 0.507. The number of thiophene rings is 1. The van der Waals surface area contributed by atoms with Crippen LogP contribution in [0.2, 0.25) is 0 Å². The van der Waals surface area contributed by atoms with E-state index in [1.165, 1.54) is 11.8 Å². The molecule has 0 bridgehead atoms. The van der Waals surface area contributed by atoms with Gasteiger partial charge in [0.25, 0.3) is 0 Å². The Morgan fingerprint density at radius 2 is 2.08 bits per heavy atom. The molecule has 4 rings (SSSR count). The molecule has 0 fully saturated rings. The highest BCUT2D eigenvalue weighted by Gasteiger charge is 2.14. The summed E-state index contributed by atoms with van der Waals surface area (Å²) >= 11 is 3.15. The molecule has 0 aliphatic carbocycles. The fourth-order valence-electron chi connectivity index (χ4n) is 2.12. The summed E-state index contributed by atoms with van der Waals surface area (Å²) in [7, 11) is 1.95. The van der Waals surface area contributed by atoms with E-state index in [1.807, 2.05) is 41.3 Å². The van der Waals surface area contributed by atoms with Crippen LogP contribution < -0.4 is 0 Å². The number of pyridine rings is 1. The number of nitrogens with zero attached hydrogens (tertiary/aromatic N) is 6. The van der Waals surface area contributed by atoms with E-state index in [-0.39, 0.29) is 0 Å². The van der Waals surface area contributed by atoms with Crippen LogP contribution in [0, 0.1) is 0 Å². The normalized spacial score (nSPS) is 11.0. The first-order valence-electron chi connectivity index (χ1n) is 7.10. The van der Waals surface area contributed by atoms with Gasteiger partial charge in [-0.2, -0.15) is 4.98 Å². The van der Waals surface area contributed by atoms with Gasteiger partial charge in [0.05, 0.1) is 10.6 Å². The maximum atomic E-state index is 5.30. The Bertz CT molecular complexity index is 932. The van der Waals surface area contributed by atoms with Gasteiger partial charge in [0.15, 0.2) is 11.0 Å². The minimum atomic E-state index is 0.536. The van der Waals surface area contributed by atoms with Crippen LogP contribution in [0.25, 0.3) is 22.1 Å². The van der Waals surface area contributed by atoms with Gasteiger partial charge in [-0.05, 0) is 23.6 Å². The molecule has 7 nitrogen and oxygen atoms in total. The number of thioether (sulfide) groups is 1. The second-order valence-corrected chi connectivity index (χ2v) is 6.77. The van der Waals surface area contributed by atoms with E-state index >= 15 is 0 Å². The Labute approximate surface area is 145 Å². The van der Waals surface area contributed by atoms with Crippen molar-refractivity contribution in [2.75, 3.05) is 0 Å². The lowest BCUT2D eigenvalue weighted by Gasteiger charge is -2.00. The molecule has 0 aliphatic heterocycles. The molecule has 0 saturated carbocycles. The molecule has 24 heavy (non-hydrogen) atoms. The van der Waals surface area contributed by atoms with Gasteiger partial charge in [0.2, 0.25) is 11.7 Å². The standard InChI is InChI=1S/C15H12N6OS2/c1-21-14(11-3-2-8-23-11)18-19-15(21)24-9-12-17-13(20-22-12)10-4-6-16-7-5-10/h2-8H,9H2,1H3. The lowest BCUT2D eigenvalue weighted by molar-refractivity contribution is 0.391. The third-order valence-corrected chi connectivity index (χ3v) is 5.18. The minimum absolute atomic E-state index is 0.536. The highest BCUT2D eigenvalue weighted by molar-refractivity contribution is 7.98. The van der Waals surface area contributed by atoms with Gasteiger partial charge in [-0.15, -0.1) is 21.5 Å². The predicted molar refractivity (Wildman–Crippen MR) is 91.4 cm³/mol. The first kappa shape index (κ1) is 15.0. The minimum Gasteiger partial charge on any atom is -0.338 e. The lowest BCUT2D eigenvalue weighted by Crippen LogP contribution is -1.94. The zero-order valence-electron chi connectivity index (χ0n) is 12.7. The molecule has 0 aliphatic rings. The fraction of sp³-hybridized carbons (Fsp3) is 0.133. The first-order chi connectivity index (χ1) is 11.8. The van der Waals surface area contributed by atoms with E-state index < -0.39 is 0 Å². The molecule has 0 unspecified atom stereocenters. The summed E-state index contributed by atoms with van der Waals surface area (Å²) in [5.41, 5.74) is 0.878. The molecule has 4 heterocycles. The number of aromatic nitrogens is 6. The average molecular weight is 356 g/mol. The van der Waals surface area contributed by atoms with Gasteiger partial charge in [0.1, 0.15) is 0 Å². The summed E-state index contributed by atoms with van der Waals surface area (Å²) in [6.45, 7) is 0. The van der Waals surface area contributed by atoms with Crippen LogP contribution in [0.3, 0.4) is 0 Å². The Morgan fingerprint density at radius 3 is 2.88 bits per heavy atom. The summed E-state index contributed by atoms with van der Waals surface area (Å²) in [4.78, 5) is 9.47. The average Bonchev–Trinajstić information content (AvgIpc) is 3.35. The van der Waals surface area contributed by atoms with Crippen LogP contribution in [0.15, 0.2) is 51.7 Å². The second-order valence-electron chi connectivity index (χ2n) is 4.88. The molecule has 120 valence electrons. The van der Waals surface area contributed by atoms with Crippen LogP contribution in [0.1, 0.15) is 5.89 Å². The molecular weight excluding hydrogens is 344 g/mol. The maximum Gasteiger partial charge on any atom is 0.237 e. The molecule has 4 aromatic rings. The zero-order chi connectivity index (χ0) is 16.4. The summed E-state index contributed by atoms with van der Waals surface area (Å²) in [5.74, 6) is 2.50. The van der Waals surface area contributed by atoms with E-state index in [9.17, 15) is 0 Å². The highest BCUT2D eigenvalue weighted by Crippen LogP contribution is 2.27. The zero-order valence-corrected chi connectivity index (χ0v) is 14.3. The van der Waals surface area contributed by atoms with Crippen LogP contribution in [-0.2, 0) is 12.8 Å². The van der Waals surface area contributed by atoms with Crippen molar-refractivity contribution in [1.29, 1.82) is 0 Å². The van der Waals surface area contributed by atoms with Crippen molar-refractivity contribution in [3.63, 3.8) is 0 Å². The third kappa shape index (κ3) is 2.95. The van der Waals surface area contributed by atoms with Crippen LogP contribution >= 0.6 is 23.1 Å². The van der Waals surface area contributed by atoms with Crippen molar-refractivity contribution in [3.05, 3.63) is 47.9 Å². The van der Waals surface area contributed by atoms with Crippen molar-refractivity contribution < 1.29 is 4.52 Å². The molecule has 9 heteroatoms. The van der Waals surface area contributed by atoms with E-state index in [0.717, 1.165) is 21.4 Å². The molecule has 0 radical (unpaired) electrons. The SMILES string of the molecule is Cn1c(SCc2nc(-c3ccncc3)no2)nnc1-c1cccs1. The summed E-state index contributed by atoms with van der Waals surface area (Å²) in [6, 6.07) is 7.72. The van der Waals surface area contributed by atoms with Crippen molar-refractivity contribution in [3.8, 4) is 22.1 Å². The van der Waals surface area contributed by atoms with Gasteiger partial charge < -0.3 is 9.09 Å². The lowest BCUT2D eigenvalue weighted by atomic mass is 10.3. The van der Waals surface area contributed by atoms with Crippen molar-refractivity contribution in [2.24, 2.45) is 7.05 Å². The van der Waals surface area contributed by atoms with Crippen LogP contribution in [0.5, 0.6) is 0 Å². The van der Waals surface area contributed by atoms with Gasteiger partial charge in [-0.25, -0.2) is 0 Å². The molecule has 0 N–H and O–H groups in total. The smallest absolute Gasteiger partial charge is 0.237 e. The predicted octanol–water partition coefficient (Wildman–Crippen LogP) is 3.28. The van der Waals surface area contributed by atoms with Gasteiger partial charge >= 0.3 is 0 Å². The highest BCUT2D eigenvalue weighted by atomic mass is 32.2.